The van der Waals surface area contributed by atoms with Gasteiger partial charge in [-0.05, 0) is 24.3 Å². The maximum absolute atomic E-state index is 13.7. The van der Waals surface area contributed by atoms with Crippen molar-refractivity contribution in [2.45, 2.75) is 10.9 Å². The number of benzene rings is 2. The van der Waals surface area contributed by atoms with Crippen molar-refractivity contribution in [3.63, 3.8) is 0 Å². The van der Waals surface area contributed by atoms with Gasteiger partial charge in [0.05, 0.1) is 6.04 Å². The van der Waals surface area contributed by atoms with Gasteiger partial charge in [-0.15, -0.1) is 11.8 Å². The van der Waals surface area contributed by atoms with E-state index in [9.17, 15) is 8.78 Å². The Hall–Kier alpha value is -1.14. The Bertz CT molecular complexity index is 595. The number of thioether (sulfide) groups is 1. The molecule has 106 valence electrons. The summed E-state index contributed by atoms with van der Waals surface area (Å²) < 4.78 is 26.6. The van der Waals surface area contributed by atoms with E-state index in [2.05, 4.69) is 5.43 Å². The molecule has 0 aromatic heterocycles. The van der Waals surface area contributed by atoms with E-state index in [1.807, 2.05) is 18.2 Å². The van der Waals surface area contributed by atoms with Crippen LogP contribution in [0.15, 0.2) is 47.4 Å². The standard InChI is InChI=1S/C14H13ClF2N2S/c15-9-2-1-3-11(6-9)20-8-14(19-18)12-5-4-10(16)7-13(12)17/h1-7,14,19H,8,18H2. The molecule has 3 N–H and O–H groups in total. The van der Waals surface area contributed by atoms with Gasteiger partial charge in [-0.25, -0.2) is 8.78 Å². The number of hydrogen-bond acceptors (Lipinski definition) is 3. The fourth-order valence-corrected chi connectivity index (χ4v) is 3.02. The normalized spacial score (nSPS) is 12.4. The first-order valence-corrected chi connectivity index (χ1v) is 7.26. The third-order valence-corrected chi connectivity index (χ3v) is 4.07. The first-order valence-electron chi connectivity index (χ1n) is 5.89. The summed E-state index contributed by atoms with van der Waals surface area (Å²) in [6.07, 6.45) is 0. The van der Waals surface area contributed by atoms with Crippen LogP contribution < -0.4 is 11.3 Å². The van der Waals surface area contributed by atoms with Crippen molar-refractivity contribution < 1.29 is 8.78 Å². The second-order valence-corrected chi connectivity index (χ2v) is 5.68. The molecule has 2 rings (SSSR count). The molecule has 0 aliphatic rings. The summed E-state index contributed by atoms with van der Waals surface area (Å²) >= 11 is 7.39. The molecule has 1 atom stereocenters. The summed E-state index contributed by atoms with van der Waals surface area (Å²) in [6, 6.07) is 10.4. The third kappa shape index (κ3) is 3.93. The molecule has 2 aromatic rings. The zero-order valence-electron chi connectivity index (χ0n) is 10.4. The number of rotatable bonds is 5. The van der Waals surface area contributed by atoms with Crippen LogP contribution in [0.5, 0.6) is 0 Å². The number of halogens is 3. The smallest absolute Gasteiger partial charge is 0.130 e. The predicted molar refractivity (Wildman–Crippen MR) is 78.6 cm³/mol. The molecule has 0 amide bonds. The lowest BCUT2D eigenvalue weighted by Gasteiger charge is -2.16. The lowest BCUT2D eigenvalue weighted by atomic mass is 10.1. The SMILES string of the molecule is NNC(CSc1cccc(Cl)c1)c1ccc(F)cc1F. The molecule has 0 fully saturated rings. The molecule has 1 unspecified atom stereocenters. The average Bonchev–Trinajstić information content (AvgIpc) is 2.41. The molecule has 0 spiro atoms. The lowest BCUT2D eigenvalue weighted by molar-refractivity contribution is 0.531. The molecule has 0 saturated carbocycles. The van der Waals surface area contributed by atoms with Crippen LogP contribution >= 0.6 is 23.4 Å². The van der Waals surface area contributed by atoms with E-state index in [4.69, 9.17) is 17.4 Å². The molecule has 6 heteroatoms. The molecule has 0 heterocycles. The summed E-state index contributed by atoms with van der Waals surface area (Å²) in [5, 5.41) is 0.639. The van der Waals surface area contributed by atoms with Gasteiger partial charge < -0.3 is 0 Å². The molecular weight excluding hydrogens is 302 g/mol. The second kappa shape index (κ2) is 7.04. The molecule has 0 radical (unpaired) electrons. The van der Waals surface area contributed by atoms with Gasteiger partial charge in [0.25, 0.3) is 0 Å². The monoisotopic (exact) mass is 314 g/mol. The lowest BCUT2D eigenvalue weighted by Crippen LogP contribution is -2.30. The maximum atomic E-state index is 13.7. The Morgan fingerprint density at radius 3 is 2.65 bits per heavy atom. The zero-order chi connectivity index (χ0) is 14.5. The molecule has 20 heavy (non-hydrogen) atoms. The molecule has 2 nitrogen and oxygen atoms in total. The van der Waals surface area contributed by atoms with Gasteiger partial charge in [0, 0.05) is 27.3 Å². The van der Waals surface area contributed by atoms with Crippen molar-refractivity contribution in [1.29, 1.82) is 0 Å². The van der Waals surface area contributed by atoms with Crippen LogP contribution in [0, 0.1) is 11.6 Å². The Morgan fingerprint density at radius 1 is 1.20 bits per heavy atom. The Morgan fingerprint density at radius 2 is 2.00 bits per heavy atom. The Kier molecular flexibility index (Phi) is 5.37. The second-order valence-electron chi connectivity index (χ2n) is 4.15. The van der Waals surface area contributed by atoms with Crippen LogP contribution in [0.4, 0.5) is 8.78 Å². The topological polar surface area (TPSA) is 38.0 Å². The number of nitrogens with two attached hydrogens (primary N) is 1. The van der Waals surface area contributed by atoms with Gasteiger partial charge in [-0.2, -0.15) is 0 Å². The van der Waals surface area contributed by atoms with E-state index >= 15 is 0 Å². The first kappa shape index (κ1) is 15.3. The zero-order valence-corrected chi connectivity index (χ0v) is 12.0. The van der Waals surface area contributed by atoms with Crippen molar-refractivity contribution in [1.82, 2.24) is 5.43 Å². The van der Waals surface area contributed by atoms with Crippen molar-refractivity contribution in [3.8, 4) is 0 Å². The fraction of sp³-hybridized carbons (Fsp3) is 0.143. The largest absolute Gasteiger partial charge is 0.271 e. The third-order valence-electron chi connectivity index (χ3n) is 2.75. The van der Waals surface area contributed by atoms with E-state index in [1.165, 1.54) is 23.9 Å². The Balaban J connectivity index is 2.09. The van der Waals surface area contributed by atoms with Gasteiger partial charge in [-0.1, -0.05) is 23.7 Å². The minimum atomic E-state index is -0.611. The van der Waals surface area contributed by atoms with Gasteiger partial charge in [0.1, 0.15) is 11.6 Å². The van der Waals surface area contributed by atoms with Crippen LogP contribution in [0.3, 0.4) is 0 Å². The van der Waals surface area contributed by atoms with Crippen molar-refractivity contribution in [2.24, 2.45) is 5.84 Å². The molecule has 0 bridgehead atoms. The minimum Gasteiger partial charge on any atom is -0.271 e. The average molecular weight is 315 g/mol. The van der Waals surface area contributed by atoms with Crippen LogP contribution in [0.25, 0.3) is 0 Å². The highest BCUT2D eigenvalue weighted by molar-refractivity contribution is 7.99. The maximum Gasteiger partial charge on any atom is 0.130 e. The highest BCUT2D eigenvalue weighted by Gasteiger charge is 2.15. The predicted octanol–water partition coefficient (Wildman–Crippen LogP) is 3.91. The number of hydrazine groups is 1. The van der Waals surface area contributed by atoms with Crippen LogP contribution in [0.1, 0.15) is 11.6 Å². The van der Waals surface area contributed by atoms with Crippen LogP contribution in [-0.2, 0) is 0 Å². The van der Waals surface area contributed by atoms with Crippen LogP contribution in [-0.4, -0.2) is 5.75 Å². The molecule has 0 saturated heterocycles. The van der Waals surface area contributed by atoms with Crippen molar-refractivity contribution in [3.05, 3.63) is 64.7 Å². The van der Waals surface area contributed by atoms with E-state index < -0.39 is 17.7 Å². The summed E-state index contributed by atoms with van der Waals surface area (Å²) in [5.74, 6) is 4.74. The summed E-state index contributed by atoms with van der Waals surface area (Å²) in [6.45, 7) is 0. The number of nitrogens with one attached hydrogen (secondary N) is 1. The molecule has 0 aliphatic heterocycles. The fourth-order valence-electron chi connectivity index (χ4n) is 1.75. The summed E-state index contributed by atoms with van der Waals surface area (Å²) in [5.41, 5.74) is 2.88. The van der Waals surface area contributed by atoms with Crippen LogP contribution in [0.2, 0.25) is 5.02 Å². The quantitative estimate of drug-likeness (QED) is 0.499. The van der Waals surface area contributed by atoms with Gasteiger partial charge in [0.2, 0.25) is 0 Å². The number of hydrogen-bond donors (Lipinski definition) is 2. The van der Waals surface area contributed by atoms with Crippen molar-refractivity contribution in [2.75, 3.05) is 5.75 Å². The van der Waals surface area contributed by atoms with E-state index in [1.54, 1.807) is 6.07 Å². The van der Waals surface area contributed by atoms with E-state index in [-0.39, 0.29) is 0 Å². The van der Waals surface area contributed by atoms with E-state index in [0.717, 1.165) is 11.0 Å². The summed E-state index contributed by atoms with van der Waals surface area (Å²) in [7, 11) is 0. The first-order chi connectivity index (χ1) is 9.60. The van der Waals surface area contributed by atoms with Gasteiger partial charge >= 0.3 is 0 Å². The Labute approximate surface area is 125 Å². The van der Waals surface area contributed by atoms with Gasteiger partial charge in [-0.3, -0.25) is 11.3 Å². The molecule has 2 aromatic carbocycles. The minimum absolute atomic E-state index is 0.337. The van der Waals surface area contributed by atoms with Gasteiger partial charge in [0.15, 0.2) is 0 Å². The van der Waals surface area contributed by atoms with Crippen molar-refractivity contribution >= 4 is 23.4 Å². The molecule has 0 aliphatic carbocycles. The highest BCUT2D eigenvalue weighted by atomic mass is 35.5. The summed E-state index contributed by atoms with van der Waals surface area (Å²) in [4.78, 5) is 0.959. The van der Waals surface area contributed by atoms with E-state index in [0.29, 0.717) is 16.3 Å². The highest BCUT2D eigenvalue weighted by Crippen LogP contribution is 2.27. The molecular formula is C14H13ClF2N2S.